The highest BCUT2D eigenvalue weighted by atomic mass is 19.4. The van der Waals surface area contributed by atoms with Gasteiger partial charge in [-0.2, -0.15) is 13.2 Å². The van der Waals surface area contributed by atoms with E-state index in [0.717, 1.165) is 18.2 Å². The summed E-state index contributed by atoms with van der Waals surface area (Å²) in [5.74, 6) is -3.90. The second-order valence-electron chi connectivity index (χ2n) is 5.10. The minimum atomic E-state index is -4.65. The van der Waals surface area contributed by atoms with Gasteiger partial charge in [0.1, 0.15) is 22.9 Å². The van der Waals surface area contributed by atoms with Gasteiger partial charge < -0.3 is 19.6 Å². The fourth-order valence-electron chi connectivity index (χ4n) is 2.05. The highest BCUT2D eigenvalue weighted by Gasteiger charge is 2.29. The van der Waals surface area contributed by atoms with E-state index in [1.807, 2.05) is 0 Å². The molecule has 0 bridgehead atoms. The Labute approximate surface area is 144 Å². The number of aromatic carboxylic acids is 1. The number of carbonyl (C=O) groups is 2. The van der Waals surface area contributed by atoms with Crippen molar-refractivity contribution in [1.29, 1.82) is 0 Å². The molecule has 0 aliphatic heterocycles. The molecule has 0 fully saturated rings. The molecule has 0 unspecified atom stereocenters. The number of carboxylic acid groups (broad SMARTS) is 1. The SMILES string of the molecule is CCc1oc(C(=O)Nc2ccc(F)cc2OCC(F)(F)F)cc1C(=O)O. The van der Waals surface area contributed by atoms with Gasteiger partial charge in [0.2, 0.25) is 0 Å². The van der Waals surface area contributed by atoms with Crippen LogP contribution in [0.15, 0.2) is 28.7 Å². The first kappa shape index (κ1) is 19.3. The monoisotopic (exact) mass is 375 g/mol. The number of benzene rings is 1. The van der Waals surface area contributed by atoms with Crippen LogP contribution in [0.25, 0.3) is 0 Å². The molecule has 1 heterocycles. The quantitative estimate of drug-likeness (QED) is 0.749. The average molecular weight is 375 g/mol. The lowest BCUT2D eigenvalue weighted by Crippen LogP contribution is -2.20. The zero-order chi connectivity index (χ0) is 19.5. The molecule has 6 nitrogen and oxygen atoms in total. The van der Waals surface area contributed by atoms with Crippen LogP contribution in [-0.4, -0.2) is 29.8 Å². The summed E-state index contributed by atoms with van der Waals surface area (Å²) in [6.45, 7) is -0.0563. The summed E-state index contributed by atoms with van der Waals surface area (Å²) >= 11 is 0. The average Bonchev–Trinajstić information content (AvgIpc) is 2.99. The van der Waals surface area contributed by atoms with Crippen LogP contribution in [0.3, 0.4) is 0 Å². The first-order chi connectivity index (χ1) is 12.1. The summed E-state index contributed by atoms with van der Waals surface area (Å²) in [6, 6.07) is 3.61. The predicted octanol–water partition coefficient (Wildman–Crippen LogP) is 3.87. The maximum Gasteiger partial charge on any atom is 0.422 e. The topological polar surface area (TPSA) is 88.8 Å². The third-order valence-corrected chi connectivity index (χ3v) is 3.17. The van der Waals surface area contributed by atoms with Crippen molar-refractivity contribution in [1.82, 2.24) is 0 Å². The molecule has 2 rings (SSSR count). The van der Waals surface area contributed by atoms with Gasteiger partial charge in [0.15, 0.2) is 12.4 Å². The number of furan rings is 1. The van der Waals surface area contributed by atoms with E-state index >= 15 is 0 Å². The number of carbonyl (C=O) groups excluding carboxylic acids is 1. The fraction of sp³-hybridized carbons (Fsp3) is 0.250. The molecule has 1 aromatic heterocycles. The molecule has 1 amide bonds. The first-order valence-corrected chi connectivity index (χ1v) is 7.27. The van der Waals surface area contributed by atoms with Crippen LogP contribution in [-0.2, 0) is 6.42 Å². The molecule has 1 aromatic carbocycles. The van der Waals surface area contributed by atoms with Crippen molar-refractivity contribution in [3.8, 4) is 5.75 Å². The number of halogens is 4. The second kappa shape index (κ2) is 7.46. The number of anilines is 1. The summed E-state index contributed by atoms with van der Waals surface area (Å²) in [6.07, 6.45) is -4.44. The van der Waals surface area contributed by atoms with Crippen molar-refractivity contribution in [2.45, 2.75) is 19.5 Å². The van der Waals surface area contributed by atoms with Gasteiger partial charge >= 0.3 is 12.1 Å². The number of alkyl halides is 3. The van der Waals surface area contributed by atoms with E-state index in [1.54, 1.807) is 6.92 Å². The zero-order valence-electron chi connectivity index (χ0n) is 13.3. The third-order valence-electron chi connectivity index (χ3n) is 3.17. The molecule has 0 saturated heterocycles. The van der Waals surface area contributed by atoms with Gasteiger partial charge in [-0.05, 0) is 12.1 Å². The van der Waals surface area contributed by atoms with Crippen molar-refractivity contribution < 1.29 is 41.4 Å². The van der Waals surface area contributed by atoms with E-state index in [-0.39, 0.29) is 29.2 Å². The maximum absolute atomic E-state index is 13.3. The smallest absolute Gasteiger partial charge is 0.422 e. The normalized spacial score (nSPS) is 11.3. The minimum absolute atomic E-state index is 0.0651. The lowest BCUT2D eigenvalue weighted by Gasteiger charge is -2.13. The highest BCUT2D eigenvalue weighted by Crippen LogP contribution is 2.28. The number of aryl methyl sites for hydroxylation is 1. The summed E-state index contributed by atoms with van der Waals surface area (Å²) in [5, 5.41) is 11.3. The Hall–Kier alpha value is -3.04. The summed E-state index contributed by atoms with van der Waals surface area (Å²) in [5.41, 5.74) is -0.433. The number of ether oxygens (including phenoxy) is 1. The Morgan fingerprint density at radius 3 is 2.50 bits per heavy atom. The minimum Gasteiger partial charge on any atom is -0.482 e. The molecular formula is C16H13F4NO5. The van der Waals surface area contributed by atoms with Gasteiger partial charge in [-0.15, -0.1) is 0 Å². The largest absolute Gasteiger partial charge is 0.482 e. The molecule has 26 heavy (non-hydrogen) atoms. The number of hydrogen-bond donors (Lipinski definition) is 2. The number of carboxylic acids is 1. The van der Waals surface area contributed by atoms with E-state index in [9.17, 15) is 27.2 Å². The Morgan fingerprint density at radius 2 is 1.96 bits per heavy atom. The van der Waals surface area contributed by atoms with E-state index < -0.39 is 36.2 Å². The summed E-state index contributed by atoms with van der Waals surface area (Å²) in [4.78, 5) is 23.3. The molecule has 2 N–H and O–H groups in total. The lowest BCUT2D eigenvalue weighted by molar-refractivity contribution is -0.153. The lowest BCUT2D eigenvalue weighted by atomic mass is 10.2. The number of amides is 1. The number of rotatable bonds is 6. The van der Waals surface area contributed by atoms with Crippen LogP contribution < -0.4 is 10.1 Å². The van der Waals surface area contributed by atoms with Crippen molar-refractivity contribution in [3.05, 3.63) is 47.2 Å². The first-order valence-electron chi connectivity index (χ1n) is 7.27. The van der Waals surface area contributed by atoms with E-state index in [4.69, 9.17) is 9.52 Å². The molecule has 0 aliphatic rings. The number of nitrogens with one attached hydrogen (secondary N) is 1. The standard InChI is InChI=1S/C16H13F4NO5/c1-2-11-9(15(23)24)6-13(26-11)14(22)21-10-4-3-8(17)5-12(10)25-7-16(18,19)20/h3-6H,2,7H2,1H3,(H,21,22)(H,23,24). The second-order valence-corrected chi connectivity index (χ2v) is 5.10. The van der Waals surface area contributed by atoms with Gasteiger partial charge in [0.05, 0.1) is 5.69 Å². The van der Waals surface area contributed by atoms with Crippen molar-refractivity contribution >= 4 is 17.6 Å². The zero-order valence-corrected chi connectivity index (χ0v) is 13.3. The van der Waals surface area contributed by atoms with Crippen molar-refractivity contribution in [2.75, 3.05) is 11.9 Å². The van der Waals surface area contributed by atoms with E-state index in [1.165, 1.54) is 0 Å². The van der Waals surface area contributed by atoms with Crippen LogP contribution in [0.5, 0.6) is 5.75 Å². The molecule has 0 spiro atoms. The third kappa shape index (κ3) is 4.74. The molecule has 0 radical (unpaired) electrons. The molecule has 0 atom stereocenters. The Bertz CT molecular complexity index is 829. The van der Waals surface area contributed by atoms with Gasteiger partial charge in [-0.3, -0.25) is 4.79 Å². The van der Waals surface area contributed by atoms with Crippen LogP contribution in [0.2, 0.25) is 0 Å². The van der Waals surface area contributed by atoms with Gasteiger partial charge in [0, 0.05) is 18.6 Å². The van der Waals surface area contributed by atoms with E-state index in [0.29, 0.717) is 6.07 Å². The predicted molar refractivity (Wildman–Crippen MR) is 80.9 cm³/mol. The summed E-state index contributed by atoms with van der Waals surface area (Å²) < 4.78 is 59.8. The fourth-order valence-corrected chi connectivity index (χ4v) is 2.05. The van der Waals surface area contributed by atoms with Crippen molar-refractivity contribution in [2.24, 2.45) is 0 Å². The van der Waals surface area contributed by atoms with Crippen molar-refractivity contribution in [3.63, 3.8) is 0 Å². The van der Waals surface area contributed by atoms with Crippen LogP contribution in [0.4, 0.5) is 23.2 Å². The molecule has 2 aromatic rings. The number of hydrogen-bond acceptors (Lipinski definition) is 4. The van der Waals surface area contributed by atoms with Crippen LogP contribution >= 0.6 is 0 Å². The highest BCUT2D eigenvalue weighted by molar-refractivity contribution is 6.04. The van der Waals surface area contributed by atoms with Gasteiger partial charge in [-0.1, -0.05) is 6.92 Å². The maximum atomic E-state index is 13.3. The van der Waals surface area contributed by atoms with Crippen LogP contribution in [0, 0.1) is 5.82 Å². The summed E-state index contributed by atoms with van der Waals surface area (Å²) in [7, 11) is 0. The molecule has 140 valence electrons. The Morgan fingerprint density at radius 1 is 1.27 bits per heavy atom. The van der Waals surface area contributed by atoms with Crippen LogP contribution in [0.1, 0.15) is 33.6 Å². The molecule has 0 aliphatic carbocycles. The Balaban J connectivity index is 2.25. The Kier molecular flexibility index (Phi) is 5.53. The van der Waals surface area contributed by atoms with Gasteiger partial charge in [0.25, 0.3) is 5.91 Å². The molecular weight excluding hydrogens is 362 g/mol. The van der Waals surface area contributed by atoms with E-state index in [2.05, 4.69) is 10.1 Å². The van der Waals surface area contributed by atoms with Gasteiger partial charge in [-0.25, -0.2) is 9.18 Å². The molecule has 0 saturated carbocycles. The molecule has 10 heteroatoms.